The minimum absolute atomic E-state index is 0.199. The van der Waals surface area contributed by atoms with Crippen LogP contribution in [0.4, 0.5) is 4.79 Å². The van der Waals surface area contributed by atoms with Gasteiger partial charge in [-0.3, -0.25) is 0 Å². The lowest BCUT2D eigenvalue weighted by molar-refractivity contribution is 0.0192. The highest BCUT2D eigenvalue weighted by atomic mass is 35.5. The van der Waals surface area contributed by atoms with E-state index in [1.807, 2.05) is 0 Å². The first kappa shape index (κ1) is 20.3. The van der Waals surface area contributed by atoms with E-state index >= 15 is 0 Å². The van der Waals surface area contributed by atoms with Crippen LogP contribution in [0, 0.1) is 0 Å². The van der Waals surface area contributed by atoms with Gasteiger partial charge < -0.3 is 9.64 Å². The topological polar surface area (TPSA) is 66.9 Å². The quantitative estimate of drug-likeness (QED) is 0.768. The van der Waals surface area contributed by atoms with Crippen LogP contribution in [0.5, 0.6) is 0 Å². The summed E-state index contributed by atoms with van der Waals surface area (Å²) in [7, 11) is -3.53. The number of hydrogen-bond acceptors (Lipinski definition) is 4. The molecule has 1 saturated heterocycles. The molecular weight excluding hydrogens is 387 g/mol. The summed E-state index contributed by atoms with van der Waals surface area (Å²) in [5.41, 5.74) is -0.0772. The van der Waals surface area contributed by atoms with Crippen molar-refractivity contribution >= 4 is 39.3 Å². The third kappa shape index (κ3) is 5.74. The fourth-order valence-corrected chi connectivity index (χ4v) is 4.50. The van der Waals surface area contributed by atoms with E-state index in [2.05, 4.69) is 0 Å². The van der Waals surface area contributed by atoms with Crippen LogP contribution in [-0.4, -0.2) is 55.5 Å². The van der Waals surface area contributed by atoms with Crippen molar-refractivity contribution in [2.75, 3.05) is 26.2 Å². The van der Waals surface area contributed by atoms with Crippen LogP contribution < -0.4 is 0 Å². The summed E-state index contributed by atoms with van der Waals surface area (Å²) in [5.74, 6) is -0.199. The number of carbonyl (C=O) groups excluding carboxylic acids is 1. The molecule has 2 rings (SSSR count). The summed E-state index contributed by atoms with van der Waals surface area (Å²) in [4.78, 5) is 13.6. The van der Waals surface area contributed by atoms with Gasteiger partial charge >= 0.3 is 6.09 Å². The molecule has 1 aromatic rings. The molecule has 1 fully saturated rings. The van der Waals surface area contributed by atoms with Gasteiger partial charge in [0.15, 0.2) is 0 Å². The van der Waals surface area contributed by atoms with E-state index < -0.39 is 21.7 Å². The van der Waals surface area contributed by atoms with E-state index in [9.17, 15) is 13.2 Å². The first-order chi connectivity index (χ1) is 11.5. The molecule has 1 amide bonds. The molecule has 0 aromatic heterocycles. The molecule has 140 valence electrons. The van der Waals surface area contributed by atoms with Crippen molar-refractivity contribution in [2.24, 2.45) is 0 Å². The predicted octanol–water partition coefficient (Wildman–Crippen LogP) is 3.38. The highest BCUT2D eigenvalue weighted by Crippen LogP contribution is 2.24. The second-order valence-corrected chi connectivity index (χ2v) is 9.67. The Morgan fingerprint density at radius 2 is 1.76 bits per heavy atom. The molecule has 1 aliphatic rings. The van der Waals surface area contributed by atoms with E-state index in [-0.39, 0.29) is 18.8 Å². The van der Waals surface area contributed by atoms with Gasteiger partial charge in [-0.15, -0.1) is 0 Å². The highest BCUT2D eigenvalue weighted by molar-refractivity contribution is 7.88. The maximum Gasteiger partial charge on any atom is 0.410 e. The van der Waals surface area contributed by atoms with Crippen LogP contribution in [0.3, 0.4) is 0 Å². The molecule has 1 heterocycles. The Bertz CT molecular complexity index is 739. The van der Waals surface area contributed by atoms with Crippen LogP contribution in [0.15, 0.2) is 18.2 Å². The van der Waals surface area contributed by atoms with E-state index in [0.29, 0.717) is 28.7 Å². The van der Waals surface area contributed by atoms with E-state index in [4.69, 9.17) is 27.9 Å². The van der Waals surface area contributed by atoms with Gasteiger partial charge in [-0.05, 0) is 38.5 Å². The van der Waals surface area contributed by atoms with Crippen molar-refractivity contribution in [2.45, 2.75) is 32.1 Å². The fraction of sp³-hybridized carbons (Fsp3) is 0.562. The van der Waals surface area contributed by atoms with Crippen molar-refractivity contribution in [3.8, 4) is 0 Å². The van der Waals surface area contributed by atoms with Gasteiger partial charge in [0.1, 0.15) is 5.60 Å². The maximum atomic E-state index is 12.6. The second-order valence-electron chi connectivity index (χ2n) is 6.86. The summed E-state index contributed by atoms with van der Waals surface area (Å²) in [6.45, 7) is 6.43. The van der Waals surface area contributed by atoms with Gasteiger partial charge in [0.25, 0.3) is 0 Å². The fourth-order valence-electron chi connectivity index (χ4n) is 2.40. The lowest BCUT2D eigenvalue weighted by Gasteiger charge is -2.35. The number of rotatable bonds is 3. The van der Waals surface area contributed by atoms with Gasteiger partial charge in [0.2, 0.25) is 10.0 Å². The molecule has 0 spiro atoms. The Morgan fingerprint density at radius 3 is 2.28 bits per heavy atom. The zero-order valence-corrected chi connectivity index (χ0v) is 16.8. The first-order valence-corrected chi connectivity index (χ1v) is 10.2. The van der Waals surface area contributed by atoms with Gasteiger partial charge in [0, 0.05) is 36.2 Å². The van der Waals surface area contributed by atoms with E-state index in [1.165, 1.54) is 15.3 Å². The van der Waals surface area contributed by atoms with Gasteiger partial charge in [-0.25, -0.2) is 13.2 Å². The van der Waals surface area contributed by atoms with Crippen molar-refractivity contribution in [3.63, 3.8) is 0 Å². The van der Waals surface area contributed by atoms with Crippen LogP contribution in [0.2, 0.25) is 10.0 Å². The monoisotopic (exact) mass is 408 g/mol. The average Bonchev–Trinajstić information content (AvgIpc) is 2.48. The smallest absolute Gasteiger partial charge is 0.410 e. The number of sulfonamides is 1. The molecule has 9 heteroatoms. The number of carbonyl (C=O) groups is 1. The molecule has 0 bridgehead atoms. The lowest BCUT2D eigenvalue weighted by Crippen LogP contribution is -2.51. The Labute approximate surface area is 158 Å². The van der Waals surface area contributed by atoms with E-state index in [1.54, 1.807) is 32.9 Å². The highest BCUT2D eigenvalue weighted by Gasteiger charge is 2.31. The minimum atomic E-state index is -3.53. The zero-order valence-electron chi connectivity index (χ0n) is 14.5. The average molecular weight is 409 g/mol. The van der Waals surface area contributed by atoms with Gasteiger partial charge in [0.05, 0.1) is 5.75 Å². The summed E-state index contributed by atoms with van der Waals surface area (Å²) in [6, 6.07) is 4.74. The largest absolute Gasteiger partial charge is 0.444 e. The number of nitrogens with zero attached hydrogens (tertiary/aromatic N) is 2. The number of amides is 1. The Hall–Kier alpha value is -1.02. The molecule has 25 heavy (non-hydrogen) atoms. The normalized spacial score (nSPS) is 16.8. The Morgan fingerprint density at radius 1 is 1.16 bits per heavy atom. The lowest BCUT2D eigenvalue weighted by atomic mass is 10.2. The third-order valence-electron chi connectivity index (χ3n) is 3.64. The van der Waals surface area contributed by atoms with Crippen molar-refractivity contribution in [1.29, 1.82) is 0 Å². The summed E-state index contributed by atoms with van der Waals surface area (Å²) < 4.78 is 31.9. The third-order valence-corrected chi connectivity index (χ3v) is 6.05. The zero-order chi connectivity index (χ0) is 18.8. The molecule has 1 aromatic carbocycles. The summed E-state index contributed by atoms with van der Waals surface area (Å²) >= 11 is 11.9. The van der Waals surface area contributed by atoms with Crippen LogP contribution >= 0.6 is 23.2 Å². The first-order valence-electron chi connectivity index (χ1n) is 7.88. The molecule has 0 atom stereocenters. The molecule has 0 unspecified atom stereocenters. The number of halogens is 2. The Kier molecular flexibility index (Phi) is 6.25. The Balaban J connectivity index is 1.98. The maximum absolute atomic E-state index is 12.6. The molecule has 0 saturated carbocycles. The van der Waals surface area contributed by atoms with Crippen molar-refractivity contribution in [1.82, 2.24) is 9.21 Å². The predicted molar refractivity (Wildman–Crippen MR) is 98.5 cm³/mol. The van der Waals surface area contributed by atoms with Crippen LogP contribution in [0.25, 0.3) is 0 Å². The number of ether oxygens (including phenoxy) is 1. The summed E-state index contributed by atoms with van der Waals surface area (Å²) in [5, 5.41) is 0.778. The molecular formula is C16H22Cl2N2O4S. The van der Waals surface area contributed by atoms with Gasteiger partial charge in [-0.2, -0.15) is 4.31 Å². The number of piperazine rings is 1. The summed E-state index contributed by atoms with van der Waals surface area (Å²) in [6.07, 6.45) is -0.426. The molecule has 6 nitrogen and oxygen atoms in total. The minimum Gasteiger partial charge on any atom is -0.444 e. The molecule has 0 aliphatic carbocycles. The number of hydrogen-bond donors (Lipinski definition) is 0. The van der Waals surface area contributed by atoms with Crippen molar-refractivity contribution < 1.29 is 17.9 Å². The SMILES string of the molecule is CC(C)(C)OC(=O)N1CCN(S(=O)(=O)Cc2ccc(Cl)cc2Cl)CC1. The van der Waals surface area contributed by atoms with Crippen LogP contribution in [0.1, 0.15) is 26.3 Å². The second kappa shape index (κ2) is 7.70. The number of benzene rings is 1. The van der Waals surface area contributed by atoms with Crippen LogP contribution in [-0.2, 0) is 20.5 Å². The standard InChI is InChI=1S/C16H22Cl2N2O4S/c1-16(2,3)24-15(21)19-6-8-20(9-7-19)25(22,23)11-12-4-5-13(17)10-14(12)18/h4-5,10H,6-9,11H2,1-3H3. The molecule has 0 N–H and O–H groups in total. The molecule has 1 aliphatic heterocycles. The molecule has 0 radical (unpaired) electrons. The van der Waals surface area contributed by atoms with E-state index in [0.717, 1.165) is 0 Å². The van der Waals surface area contributed by atoms with Gasteiger partial charge in [-0.1, -0.05) is 29.3 Å². The van der Waals surface area contributed by atoms with Crippen molar-refractivity contribution in [3.05, 3.63) is 33.8 Å².